The van der Waals surface area contributed by atoms with Crippen molar-refractivity contribution >= 4 is 16.9 Å². The Morgan fingerprint density at radius 3 is 2.62 bits per heavy atom. The number of para-hydroxylation sites is 2. The predicted octanol–water partition coefficient (Wildman–Crippen LogP) is 2.00. The molecule has 0 aliphatic rings. The summed E-state index contributed by atoms with van der Waals surface area (Å²) in [4.78, 5) is 16.0. The third-order valence-corrected chi connectivity index (χ3v) is 3.53. The van der Waals surface area contributed by atoms with Crippen LogP contribution in [0.2, 0.25) is 0 Å². The fraction of sp³-hybridized carbons (Fsp3) is 0.125. The molecular formula is C16H16N4O. The van der Waals surface area contributed by atoms with Crippen LogP contribution in [-0.2, 0) is 6.54 Å². The molecule has 0 aliphatic heterocycles. The highest BCUT2D eigenvalue weighted by atomic mass is 16.2. The van der Waals surface area contributed by atoms with Gasteiger partial charge in [0.05, 0.1) is 11.0 Å². The second-order valence-electron chi connectivity index (χ2n) is 4.90. The van der Waals surface area contributed by atoms with E-state index in [2.05, 4.69) is 21.0 Å². The summed E-state index contributed by atoms with van der Waals surface area (Å²) in [7, 11) is 0. The van der Waals surface area contributed by atoms with Gasteiger partial charge in [0, 0.05) is 12.1 Å². The first-order valence-electron chi connectivity index (χ1n) is 6.71. The standard InChI is InChI=1S/C16H16N4O/c1-11-18-14-4-2-3-5-15(14)20(11)10-12-6-8-13(9-7-12)16(21)19-17/h2-9H,10,17H2,1H3,(H,19,21). The van der Waals surface area contributed by atoms with Gasteiger partial charge in [0.2, 0.25) is 0 Å². The summed E-state index contributed by atoms with van der Waals surface area (Å²) >= 11 is 0. The van der Waals surface area contributed by atoms with Crippen molar-refractivity contribution in [1.29, 1.82) is 0 Å². The molecule has 1 aromatic heterocycles. The summed E-state index contributed by atoms with van der Waals surface area (Å²) in [6, 6.07) is 15.5. The van der Waals surface area contributed by atoms with Gasteiger partial charge in [-0.25, -0.2) is 10.8 Å². The first-order valence-corrected chi connectivity index (χ1v) is 6.71. The third kappa shape index (κ3) is 2.51. The summed E-state index contributed by atoms with van der Waals surface area (Å²) in [5, 5.41) is 0. The third-order valence-electron chi connectivity index (χ3n) is 3.53. The number of hydrazine groups is 1. The molecule has 0 bridgehead atoms. The van der Waals surface area contributed by atoms with Crippen molar-refractivity contribution < 1.29 is 4.79 Å². The maximum Gasteiger partial charge on any atom is 0.265 e. The van der Waals surface area contributed by atoms with E-state index < -0.39 is 0 Å². The molecule has 1 heterocycles. The summed E-state index contributed by atoms with van der Waals surface area (Å²) < 4.78 is 2.16. The number of imidazole rings is 1. The number of nitrogens with zero attached hydrogens (tertiary/aromatic N) is 2. The van der Waals surface area contributed by atoms with Gasteiger partial charge in [-0.05, 0) is 36.8 Å². The summed E-state index contributed by atoms with van der Waals surface area (Å²) in [5.41, 5.74) is 5.89. The Hall–Kier alpha value is -2.66. The highest BCUT2D eigenvalue weighted by molar-refractivity contribution is 5.93. The first kappa shape index (κ1) is 13.3. The Bertz CT molecular complexity index is 790. The lowest BCUT2D eigenvalue weighted by Crippen LogP contribution is -2.29. The second kappa shape index (κ2) is 5.38. The van der Waals surface area contributed by atoms with Crippen molar-refractivity contribution in [2.75, 3.05) is 0 Å². The number of carbonyl (C=O) groups is 1. The molecule has 3 aromatic rings. The molecule has 2 aromatic carbocycles. The van der Waals surface area contributed by atoms with Crippen LogP contribution in [0.3, 0.4) is 0 Å². The number of amides is 1. The number of aromatic nitrogens is 2. The van der Waals surface area contributed by atoms with Gasteiger partial charge in [0.15, 0.2) is 0 Å². The van der Waals surface area contributed by atoms with E-state index in [4.69, 9.17) is 5.84 Å². The van der Waals surface area contributed by atoms with Crippen molar-refractivity contribution in [3.63, 3.8) is 0 Å². The number of nitrogens with two attached hydrogens (primary N) is 1. The summed E-state index contributed by atoms with van der Waals surface area (Å²) in [5.74, 6) is 5.81. The van der Waals surface area contributed by atoms with Crippen LogP contribution in [0.5, 0.6) is 0 Å². The molecule has 3 rings (SSSR count). The van der Waals surface area contributed by atoms with Crippen molar-refractivity contribution in [2.24, 2.45) is 5.84 Å². The number of benzene rings is 2. The van der Waals surface area contributed by atoms with E-state index in [1.807, 2.05) is 37.3 Å². The predicted molar refractivity (Wildman–Crippen MR) is 81.7 cm³/mol. The largest absolute Gasteiger partial charge is 0.324 e. The van der Waals surface area contributed by atoms with Crippen LogP contribution in [0, 0.1) is 6.92 Å². The molecule has 0 aliphatic carbocycles. The molecule has 0 fully saturated rings. The maximum atomic E-state index is 11.4. The SMILES string of the molecule is Cc1nc2ccccc2n1Cc1ccc(C(=O)NN)cc1. The molecule has 0 radical (unpaired) electrons. The normalized spacial score (nSPS) is 10.8. The fourth-order valence-corrected chi connectivity index (χ4v) is 2.42. The lowest BCUT2D eigenvalue weighted by atomic mass is 10.1. The molecule has 0 saturated heterocycles. The van der Waals surface area contributed by atoms with E-state index in [0.29, 0.717) is 5.56 Å². The van der Waals surface area contributed by atoms with Gasteiger partial charge in [-0.3, -0.25) is 10.2 Å². The Balaban J connectivity index is 1.92. The van der Waals surface area contributed by atoms with E-state index in [0.717, 1.165) is 29.0 Å². The summed E-state index contributed by atoms with van der Waals surface area (Å²) in [6.07, 6.45) is 0. The van der Waals surface area contributed by atoms with Crippen molar-refractivity contribution in [2.45, 2.75) is 13.5 Å². The molecule has 106 valence electrons. The molecule has 3 N–H and O–H groups in total. The number of nitrogens with one attached hydrogen (secondary N) is 1. The van der Waals surface area contributed by atoms with Crippen LogP contribution in [0.4, 0.5) is 0 Å². The van der Waals surface area contributed by atoms with Gasteiger partial charge in [-0.2, -0.15) is 0 Å². The van der Waals surface area contributed by atoms with E-state index in [-0.39, 0.29) is 5.91 Å². The van der Waals surface area contributed by atoms with E-state index in [1.165, 1.54) is 0 Å². The van der Waals surface area contributed by atoms with Crippen LogP contribution < -0.4 is 11.3 Å². The van der Waals surface area contributed by atoms with Crippen LogP contribution in [-0.4, -0.2) is 15.5 Å². The number of fused-ring (bicyclic) bond motifs is 1. The molecule has 0 spiro atoms. The number of aryl methyl sites for hydroxylation is 1. The van der Waals surface area contributed by atoms with Crippen LogP contribution in [0.25, 0.3) is 11.0 Å². The van der Waals surface area contributed by atoms with Gasteiger partial charge in [0.25, 0.3) is 5.91 Å². The zero-order chi connectivity index (χ0) is 14.8. The monoisotopic (exact) mass is 280 g/mol. The highest BCUT2D eigenvalue weighted by Gasteiger charge is 2.08. The topological polar surface area (TPSA) is 72.9 Å². The minimum absolute atomic E-state index is 0.286. The first-order chi connectivity index (χ1) is 10.2. The summed E-state index contributed by atoms with van der Waals surface area (Å²) in [6.45, 7) is 2.72. The van der Waals surface area contributed by atoms with E-state index >= 15 is 0 Å². The number of nitrogen functional groups attached to an aromatic ring is 1. The number of hydrogen-bond donors (Lipinski definition) is 2. The van der Waals surface area contributed by atoms with Gasteiger partial charge >= 0.3 is 0 Å². The fourth-order valence-electron chi connectivity index (χ4n) is 2.42. The lowest BCUT2D eigenvalue weighted by molar-refractivity contribution is 0.0953. The zero-order valence-electron chi connectivity index (χ0n) is 11.7. The van der Waals surface area contributed by atoms with E-state index in [1.54, 1.807) is 12.1 Å². The minimum Gasteiger partial charge on any atom is -0.324 e. The van der Waals surface area contributed by atoms with Gasteiger partial charge in [0.1, 0.15) is 5.82 Å². The van der Waals surface area contributed by atoms with Crippen molar-refractivity contribution in [3.8, 4) is 0 Å². The molecule has 0 saturated carbocycles. The van der Waals surface area contributed by atoms with Crippen LogP contribution >= 0.6 is 0 Å². The average molecular weight is 280 g/mol. The van der Waals surface area contributed by atoms with Crippen molar-refractivity contribution in [1.82, 2.24) is 15.0 Å². The Labute approximate surface area is 122 Å². The molecule has 5 heteroatoms. The average Bonchev–Trinajstić information content (AvgIpc) is 2.83. The zero-order valence-corrected chi connectivity index (χ0v) is 11.7. The molecule has 0 atom stereocenters. The van der Waals surface area contributed by atoms with Crippen LogP contribution in [0.1, 0.15) is 21.7 Å². The molecular weight excluding hydrogens is 264 g/mol. The van der Waals surface area contributed by atoms with E-state index in [9.17, 15) is 4.79 Å². The second-order valence-corrected chi connectivity index (χ2v) is 4.90. The quantitative estimate of drug-likeness (QED) is 0.438. The molecule has 5 nitrogen and oxygen atoms in total. The number of hydrogen-bond acceptors (Lipinski definition) is 3. The minimum atomic E-state index is -0.286. The lowest BCUT2D eigenvalue weighted by Gasteiger charge is -2.08. The Morgan fingerprint density at radius 1 is 1.19 bits per heavy atom. The number of rotatable bonds is 3. The highest BCUT2D eigenvalue weighted by Crippen LogP contribution is 2.17. The van der Waals surface area contributed by atoms with Crippen molar-refractivity contribution in [3.05, 3.63) is 65.5 Å². The van der Waals surface area contributed by atoms with Gasteiger partial charge in [-0.1, -0.05) is 24.3 Å². The number of carbonyl (C=O) groups excluding carboxylic acids is 1. The van der Waals surface area contributed by atoms with Gasteiger partial charge in [-0.15, -0.1) is 0 Å². The molecule has 0 unspecified atom stereocenters. The molecule has 1 amide bonds. The molecule has 21 heavy (non-hydrogen) atoms. The Morgan fingerprint density at radius 2 is 1.90 bits per heavy atom. The maximum absolute atomic E-state index is 11.4. The van der Waals surface area contributed by atoms with Crippen LogP contribution in [0.15, 0.2) is 48.5 Å². The van der Waals surface area contributed by atoms with Gasteiger partial charge < -0.3 is 4.57 Å². The Kier molecular flexibility index (Phi) is 3.41. The smallest absolute Gasteiger partial charge is 0.265 e.